The molecule has 0 aliphatic carbocycles. The van der Waals surface area contributed by atoms with Crippen molar-refractivity contribution < 1.29 is 13.2 Å². The number of nitrogens with zero attached hydrogens (tertiary/aromatic N) is 3. The van der Waals surface area contributed by atoms with Crippen LogP contribution in [0.1, 0.15) is 43.8 Å². The SMILES string of the molecule is O=C(C1CCCCN1S(=O)(=O)c1ccccc1)N1CCC(c2nc3ccccc3[nH]2)CC1. The third kappa shape index (κ3) is 3.93. The molecule has 8 heteroatoms. The molecule has 0 saturated carbocycles. The van der Waals surface area contributed by atoms with Gasteiger partial charge in [0.15, 0.2) is 0 Å². The van der Waals surface area contributed by atoms with Crippen LogP contribution in [0.4, 0.5) is 0 Å². The van der Waals surface area contributed by atoms with Crippen molar-refractivity contribution in [1.29, 1.82) is 0 Å². The van der Waals surface area contributed by atoms with E-state index in [9.17, 15) is 13.2 Å². The number of hydrogen-bond acceptors (Lipinski definition) is 4. The van der Waals surface area contributed by atoms with Gasteiger partial charge in [-0.3, -0.25) is 4.79 Å². The van der Waals surface area contributed by atoms with Gasteiger partial charge in [-0.15, -0.1) is 0 Å². The molecular weight excluding hydrogens is 424 g/mol. The zero-order chi connectivity index (χ0) is 22.1. The highest BCUT2D eigenvalue weighted by atomic mass is 32.2. The van der Waals surface area contributed by atoms with E-state index in [0.717, 1.165) is 42.5 Å². The van der Waals surface area contributed by atoms with Gasteiger partial charge in [0.05, 0.1) is 15.9 Å². The van der Waals surface area contributed by atoms with E-state index in [1.54, 1.807) is 30.3 Å². The lowest BCUT2D eigenvalue weighted by Crippen LogP contribution is -2.54. The van der Waals surface area contributed by atoms with Crippen LogP contribution in [0.25, 0.3) is 11.0 Å². The third-order valence-electron chi connectivity index (χ3n) is 6.69. The number of fused-ring (bicyclic) bond motifs is 1. The van der Waals surface area contributed by atoms with Crippen molar-refractivity contribution >= 4 is 27.0 Å². The number of piperidine rings is 2. The van der Waals surface area contributed by atoms with Crippen molar-refractivity contribution in [2.75, 3.05) is 19.6 Å². The lowest BCUT2D eigenvalue weighted by Gasteiger charge is -2.39. The predicted octanol–water partition coefficient (Wildman–Crippen LogP) is 3.51. The monoisotopic (exact) mass is 452 g/mol. The third-order valence-corrected chi connectivity index (χ3v) is 8.61. The molecule has 2 fully saturated rings. The van der Waals surface area contributed by atoms with Crippen molar-refractivity contribution in [3.8, 4) is 0 Å². The minimum atomic E-state index is -3.69. The lowest BCUT2D eigenvalue weighted by atomic mass is 9.95. The number of amides is 1. The molecule has 1 aromatic heterocycles. The number of nitrogens with one attached hydrogen (secondary N) is 1. The number of likely N-dealkylation sites (tertiary alicyclic amines) is 1. The van der Waals surface area contributed by atoms with E-state index >= 15 is 0 Å². The van der Waals surface area contributed by atoms with E-state index in [1.807, 2.05) is 29.2 Å². The van der Waals surface area contributed by atoms with E-state index in [1.165, 1.54) is 4.31 Å². The molecule has 1 N–H and O–H groups in total. The summed E-state index contributed by atoms with van der Waals surface area (Å²) in [7, 11) is -3.69. The number of aromatic amines is 1. The van der Waals surface area contributed by atoms with Crippen molar-refractivity contribution in [1.82, 2.24) is 19.2 Å². The maximum absolute atomic E-state index is 13.4. The number of H-pyrrole nitrogens is 1. The smallest absolute Gasteiger partial charge is 0.243 e. The van der Waals surface area contributed by atoms with Crippen LogP contribution in [0.3, 0.4) is 0 Å². The number of carbonyl (C=O) groups excluding carboxylic acids is 1. The number of rotatable bonds is 4. The van der Waals surface area contributed by atoms with Crippen LogP contribution in [-0.4, -0.2) is 59.2 Å². The van der Waals surface area contributed by atoms with Crippen LogP contribution in [0.15, 0.2) is 59.5 Å². The quantitative estimate of drug-likeness (QED) is 0.656. The Hall–Kier alpha value is -2.71. The fraction of sp³-hybridized carbons (Fsp3) is 0.417. The zero-order valence-electron chi connectivity index (χ0n) is 18.0. The molecule has 3 heterocycles. The molecule has 1 amide bonds. The Labute approximate surface area is 188 Å². The molecule has 2 aliphatic rings. The van der Waals surface area contributed by atoms with Gasteiger partial charge in [-0.05, 0) is 49.9 Å². The molecule has 5 rings (SSSR count). The van der Waals surface area contributed by atoms with E-state index in [2.05, 4.69) is 4.98 Å². The lowest BCUT2D eigenvalue weighted by molar-refractivity contribution is -0.137. The first-order valence-electron chi connectivity index (χ1n) is 11.3. The van der Waals surface area contributed by atoms with E-state index < -0.39 is 16.1 Å². The first-order chi connectivity index (χ1) is 15.5. The summed E-state index contributed by atoms with van der Waals surface area (Å²) in [6.07, 6.45) is 3.87. The summed E-state index contributed by atoms with van der Waals surface area (Å²) in [6, 6.07) is 15.8. The molecule has 7 nitrogen and oxygen atoms in total. The Morgan fingerprint density at radius 3 is 2.38 bits per heavy atom. The van der Waals surface area contributed by atoms with Gasteiger partial charge in [0.25, 0.3) is 0 Å². The van der Waals surface area contributed by atoms with Crippen LogP contribution in [0.2, 0.25) is 0 Å². The average molecular weight is 453 g/mol. The second-order valence-electron chi connectivity index (χ2n) is 8.68. The molecule has 168 valence electrons. The average Bonchev–Trinajstić information content (AvgIpc) is 3.29. The molecule has 0 radical (unpaired) electrons. The topological polar surface area (TPSA) is 86.4 Å². The molecule has 3 aromatic rings. The van der Waals surface area contributed by atoms with E-state index in [0.29, 0.717) is 26.1 Å². The summed E-state index contributed by atoms with van der Waals surface area (Å²) in [6.45, 7) is 1.63. The highest BCUT2D eigenvalue weighted by molar-refractivity contribution is 7.89. The van der Waals surface area contributed by atoms with Crippen LogP contribution in [0.5, 0.6) is 0 Å². The summed E-state index contributed by atoms with van der Waals surface area (Å²) in [5, 5.41) is 0. The summed E-state index contributed by atoms with van der Waals surface area (Å²) in [5.74, 6) is 1.19. The molecule has 2 aliphatic heterocycles. The minimum Gasteiger partial charge on any atom is -0.342 e. The molecule has 2 aromatic carbocycles. The number of para-hydroxylation sites is 2. The molecule has 2 saturated heterocycles. The Morgan fingerprint density at radius 2 is 1.62 bits per heavy atom. The van der Waals surface area contributed by atoms with Crippen LogP contribution in [-0.2, 0) is 14.8 Å². The first kappa shape index (κ1) is 21.2. The summed E-state index contributed by atoms with van der Waals surface area (Å²) < 4.78 is 27.9. The standard InChI is InChI=1S/C24H28N4O3S/c29-24(22-12-6-7-15-28(22)32(30,31)19-8-2-1-3-9-19)27-16-13-18(14-17-27)23-25-20-10-4-5-11-21(20)26-23/h1-5,8-11,18,22H,6-7,12-17H2,(H,25,26). The number of carbonyl (C=O) groups is 1. The van der Waals surface area contributed by atoms with Gasteiger partial charge in [0, 0.05) is 25.6 Å². The summed E-state index contributed by atoms with van der Waals surface area (Å²) >= 11 is 0. The second kappa shape index (κ2) is 8.67. The number of benzene rings is 2. The Morgan fingerprint density at radius 1 is 0.906 bits per heavy atom. The first-order valence-corrected chi connectivity index (χ1v) is 12.8. The molecular formula is C24H28N4O3S. The van der Waals surface area contributed by atoms with Crippen LogP contribution < -0.4 is 0 Å². The second-order valence-corrected chi connectivity index (χ2v) is 10.6. The number of sulfonamides is 1. The van der Waals surface area contributed by atoms with Gasteiger partial charge < -0.3 is 9.88 Å². The van der Waals surface area contributed by atoms with Crippen molar-refractivity contribution in [2.45, 2.75) is 49.0 Å². The number of hydrogen-bond donors (Lipinski definition) is 1. The van der Waals surface area contributed by atoms with Gasteiger partial charge in [0.1, 0.15) is 11.9 Å². The van der Waals surface area contributed by atoms with Crippen molar-refractivity contribution in [3.05, 3.63) is 60.4 Å². The maximum Gasteiger partial charge on any atom is 0.243 e. The predicted molar refractivity (Wildman–Crippen MR) is 123 cm³/mol. The van der Waals surface area contributed by atoms with Gasteiger partial charge in [0.2, 0.25) is 15.9 Å². The normalized spacial score (nSPS) is 21.1. The number of imidazole rings is 1. The maximum atomic E-state index is 13.4. The number of aromatic nitrogens is 2. The van der Waals surface area contributed by atoms with Gasteiger partial charge in [-0.2, -0.15) is 4.31 Å². The summed E-state index contributed by atoms with van der Waals surface area (Å²) in [4.78, 5) is 23.7. The Kier molecular flexibility index (Phi) is 5.73. The van der Waals surface area contributed by atoms with Gasteiger partial charge >= 0.3 is 0 Å². The molecule has 32 heavy (non-hydrogen) atoms. The molecule has 1 unspecified atom stereocenters. The highest BCUT2D eigenvalue weighted by Crippen LogP contribution is 2.31. The fourth-order valence-electron chi connectivity index (χ4n) is 4.92. The molecule has 0 bridgehead atoms. The largest absolute Gasteiger partial charge is 0.342 e. The highest BCUT2D eigenvalue weighted by Gasteiger charge is 2.40. The van der Waals surface area contributed by atoms with Gasteiger partial charge in [-0.25, -0.2) is 13.4 Å². The molecule has 1 atom stereocenters. The zero-order valence-corrected chi connectivity index (χ0v) is 18.8. The molecule has 0 spiro atoms. The van der Waals surface area contributed by atoms with Gasteiger partial charge in [-0.1, -0.05) is 36.8 Å². The Bertz CT molecular complexity index is 1170. The summed E-state index contributed by atoms with van der Waals surface area (Å²) in [5.41, 5.74) is 2.00. The van der Waals surface area contributed by atoms with Crippen LogP contribution >= 0.6 is 0 Å². The van der Waals surface area contributed by atoms with E-state index in [4.69, 9.17) is 4.98 Å². The van der Waals surface area contributed by atoms with Crippen molar-refractivity contribution in [3.63, 3.8) is 0 Å². The minimum absolute atomic E-state index is 0.0627. The van der Waals surface area contributed by atoms with Crippen molar-refractivity contribution in [2.24, 2.45) is 0 Å². The Balaban J connectivity index is 1.29. The van der Waals surface area contributed by atoms with E-state index in [-0.39, 0.29) is 16.7 Å². The fourth-order valence-corrected chi connectivity index (χ4v) is 6.59. The van der Waals surface area contributed by atoms with Crippen LogP contribution in [0, 0.1) is 0 Å².